The Morgan fingerprint density at radius 2 is 2.27 bits per heavy atom. The van der Waals surface area contributed by atoms with Crippen molar-refractivity contribution in [3.05, 3.63) is 35.2 Å². The maximum absolute atomic E-state index is 12.4. The summed E-state index contributed by atoms with van der Waals surface area (Å²) in [4.78, 5) is 16.7. The van der Waals surface area contributed by atoms with Crippen molar-refractivity contribution in [1.29, 1.82) is 0 Å². The van der Waals surface area contributed by atoms with Crippen LogP contribution in [0, 0.1) is 5.92 Å². The number of rotatable bonds is 5. The topological polar surface area (TPSA) is 94.0 Å². The lowest BCUT2D eigenvalue weighted by Crippen LogP contribution is -2.53. The van der Waals surface area contributed by atoms with Gasteiger partial charge in [-0.25, -0.2) is 0 Å². The molecule has 1 aromatic carbocycles. The zero-order chi connectivity index (χ0) is 17.9. The van der Waals surface area contributed by atoms with Gasteiger partial charge in [0.1, 0.15) is 0 Å². The highest BCUT2D eigenvalue weighted by Gasteiger charge is 2.37. The summed E-state index contributed by atoms with van der Waals surface area (Å²) in [7, 11) is 0. The second-order valence-electron chi connectivity index (χ2n) is 6.87. The lowest BCUT2D eigenvalue weighted by molar-refractivity contribution is -0.128. The van der Waals surface area contributed by atoms with Crippen LogP contribution >= 0.6 is 24.0 Å². The van der Waals surface area contributed by atoms with Crippen LogP contribution in [0.25, 0.3) is 11.4 Å². The van der Waals surface area contributed by atoms with Crippen LogP contribution in [0.2, 0.25) is 5.02 Å². The molecule has 3 rings (SSSR count). The van der Waals surface area contributed by atoms with Gasteiger partial charge in [-0.05, 0) is 31.9 Å². The van der Waals surface area contributed by atoms with E-state index in [1.165, 1.54) is 0 Å². The Balaban J connectivity index is 0.00000243. The van der Waals surface area contributed by atoms with Crippen molar-refractivity contribution >= 4 is 29.9 Å². The van der Waals surface area contributed by atoms with E-state index in [0.29, 0.717) is 29.7 Å². The van der Waals surface area contributed by atoms with Crippen LogP contribution in [0.1, 0.15) is 38.5 Å². The lowest BCUT2D eigenvalue weighted by Gasteiger charge is -2.37. The van der Waals surface area contributed by atoms with E-state index in [1.54, 1.807) is 12.1 Å². The number of hydrogen-bond donors (Lipinski definition) is 2. The number of carbonyl (C=O) groups excluding carboxylic acids is 1. The number of amides is 1. The predicted octanol–water partition coefficient (Wildman–Crippen LogP) is 3.38. The highest BCUT2D eigenvalue weighted by Crippen LogP contribution is 2.31. The molecule has 6 nitrogen and oxygen atoms in total. The average Bonchev–Trinajstić information content (AvgIpc) is 3.03. The molecule has 1 saturated carbocycles. The van der Waals surface area contributed by atoms with Crippen molar-refractivity contribution in [3.8, 4) is 11.4 Å². The smallest absolute Gasteiger partial charge is 0.228 e. The molecule has 0 spiro atoms. The first-order valence-electron chi connectivity index (χ1n) is 8.61. The average molecular weight is 399 g/mol. The van der Waals surface area contributed by atoms with Gasteiger partial charge >= 0.3 is 0 Å². The molecular weight excluding hydrogens is 375 g/mol. The maximum atomic E-state index is 12.4. The monoisotopic (exact) mass is 398 g/mol. The van der Waals surface area contributed by atoms with Gasteiger partial charge in [0.05, 0.1) is 5.92 Å². The Labute approximate surface area is 164 Å². The minimum atomic E-state index is -0.424. The van der Waals surface area contributed by atoms with Crippen LogP contribution in [0.5, 0.6) is 0 Å². The predicted molar refractivity (Wildman–Crippen MR) is 103 cm³/mol. The van der Waals surface area contributed by atoms with Gasteiger partial charge in [0, 0.05) is 29.1 Å². The summed E-state index contributed by atoms with van der Waals surface area (Å²) in [5.41, 5.74) is 6.65. The Bertz CT molecular complexity index is 748. The molecule has 2 atom stereocenters. The van der Waals surface area contributed by atoms with Gasteiger partial charge in [-0.15, -0.1) is 12.4 Å². The summed E-state index contributed by atoms with van der Waals surface area (Å²) < 4.78 is 5.25. The molecule has 1 aromatic heterocycles. The zero-order valence-electron chi connectivity index (χ0n) is 14.7. The van der Waals surface area contributed by atoms with Crippen LogP contribution in [-0.4, -0.2) is 28.1 Å². The number of carbonyl (C=O) groups is 1. The normalized spacial score (nSPS) is 22.5. The minimum absolute atomic E-state index is 0. The van der Waals surface area contributed by atoms with E-state index < -0.39 is 5.54 Å². The third-order valence-corrected chi connectivity index (χ3v) is 4.99. The molecule has 2 aromatic rings. The molecule has 1 heterocycles. The molecule has 1 aliphatic rings. The Kier molecular flexibility index (Phi) is 7.03. The number of nitrogens with one attached hydrogen (secondary N) is 1. The van der Waals surface area contributed by atoms with Gasteiger partial charge in [-0.1, -0.05) is 41.7 Å². The third kappa shape index (κ3) is 4.96. The second-order valence-corrected chi connectivity index (χ2v) is 7.30. The summed E-state index contributed by atoms with van der Waals surface area (Å²) in [5.74, 6) is 0.852. The van der Waals surface area contributed by atoms with Crippen LogP contribution in [0.3, 0.4) is 0 Å². The Morgan fingerprint density at radius 3 is 3.00 bits per heavy atom. The Hall–Kier alpha value is -1.63. The molecule has 142 valence electrons. The SMILES string of the molecule is CC1(N)CCCCC1C(=O)NCCc1nc(-c2cccc(Cl)c2)no1.Cl. The molecule has 26 heavy (non-hydrogen) atoms. The van der Waals surface area contributed by atoms with Crippen molar-refractivity contribution < 1.29 is 9.32 Å². The quantitative estimate of drug-likeness (QED) is 0.804. The van der Waals surface area contributed by atoms with Crippen molar-refractivity contribution in [2.45, 2.75) is 44.6 Å². The van der Waals surface area contributed by atoms with E-state index in [4.69, 9.17) is 21.9 Å². The summed E-state index contributed by atoms with van der Waals surface area (Å²) in [6.07, 6.45) is 4.35. The molecule has 0 saturated heterocycles. The molecule has 1 aliphatic carbocycles. The van der Waals surface area contributed by atoms with Crippen LogP contribution < -0.4 is 11.1 Å². The van der Waals surface area contributed by atoms with Gasteiger partial charge in [0.25, 0.3) is 0 Å². The summed E-state index contributed by atoms with van der Waals surface area (Å²) in [6, 6.07) is 7.27. The summed E-state index contributed by atoms with van der Waals surface area (Å²) in [5, 5.41) is 7.53. The van der Waals surface area contributed by atoms with E-state index in [0.717, 1.165) is 31.2 Å². The van der Waals surface area contributed by atoms with E-state index in [-0.39, 0.29) is 24.2 Å². The van der Waals surface area contributed by atoms with Gasteiger partial charge in [0.2, 0.25) is 17.6 Å². The van der Waals surface area contributed by atoms with E-state index in [2.05, 4.69) is 15.5 Å². The molecule has 0 radical (unpaired) electrons. The van der Waals surface area contributed by atoms with Gasteiger partial charge in [-0.2, -0.15) is 4.98 Å². The number of aromatic nitrogens is 2. The number of nitrogens with two attached hydrogens (primary N) is 1. The molecule has 2 unspecified atom stereocenters. The molecule has 0 aliphatic heterocycles. The highest BCUT2D eigenvalue weighted by atomic mass is 35.5. The van der Waals surface area contributed by atoms with Crippen molar-refractivity contribution in [2.75, 3.05) is 6.54 Å². The van der Waals surface area contributed by atoms with Crippen molar-refractivity contribution in [2.24, 2.45) is 11.7 Å². The number of halogens is 2. The third-order valence-electron chi connectivity index (χ3n) is 4.76. The molecule has 1 amide bonds. The van der Waals surface area contributed by atoms with Crippen molar-refractivity contribution in [1.82, 2.24) is 15.5 Å². The van der Waals surface area contributed by atoms with Crippen molar-refractivity contribution in [3.63, 3.8) is 0 Å². The first-order valence-corrected chi connectivity index (χ1v) is 8.98. The minimum Gasteiger partial charge on any atom is -0.355 e. The molecular formula is C18H24Cl2N4O2. The fourth-order valence-electron chi connectivity index (χ4n) is 3.31. The Morgan fingerprint density at radius 1 is 1.46 bits per heavy atom. The van der Waals surface area contributed by atoms with Crippen LogP contribution in [-0.2, 0) is 11.2 Å². The van der Waals surface area contributed by atoms with Crippen LogP contribution in [0.4, 0.5) is 0 Å². The fourth-order valence-corrected chi connectivity index (χ4v) is 3.50. The van der Waals surface area contributed by atoms with E-state index in [1.807, 2.05) is 19.1 Å². The molecule has 8 heteroatoms. The number of hydrogen-bond acceptors (Lipinski definition) is 5. The largest absolute Gasteiger partial charge is 0.355 e. The van der Waals surface area contributed by atoms with Gasteiger partial charge < -0.3 is 15.6 Å². The molecule has 1 fully saturated rings. The number of nitrogens with zero attached hydrogens (tertiary/aromatic N) is 2. The van der Waals surface area contributed by atoms with Gasteiger partial charge in [0.15, 0.2) is 0 Å². The molecule has 3 N–H and O–H groups in total. The van der Waals surface area contributed by atoms with E-state index >= 15 is 0 Å². The van der Waals surface area contributed by atoms with Crippen LogP contribution in [0.15, 0.2) is 28.8 Å². The molecule has 0 bridgehead atoms. The highest BCUT2D eigenvalue weighted by molar-refractivity contribution is 6.30. The lowest BCUT2D eigenvalue weighted by atomic mass is 9.74. The zero-order valence-corrected chi connectivity index (χ0v) is 16.3. The first kappa shape index (κ1) is 20.7. The maximum Gasteiger partial charge on any atom is 0.228 e. The second kappa shape index (κ2) is 8.84. The summed E-state index contributed by atoms with van der Waals surface area (Å²) in [6.45, 7) is 2.41. The summed E-state index contributed by atoms with van der Waals surface area (Å²) >= 11 is 5.97. The standard InChI is InChI=1S/C18H23ClN4O2.ClH/c1-18(20)9-3-2-7-14(18)17(24)21-10-8-15-22-16(23-25-15)12-5-4-6-13(19)11-12;/h4-6,11,14H,2-3,7-10,20H2,1H3,(H,21,24);1H. The van der Waals surface area contributed by atoms with E-state index in [9.17, 15) is 4.79 Å². The number of benzene rings is 1. The fraction of sp³-hybridized carbons (Fsp3) is 0.500. The van der Waals surface area contributed by atoms with Gasteiger partial charge in [-0.3, -0.25) is 4.79 Å². The first-order chi connectivity index (χ1) is 12.0.